The zero-order chi connectivity index (χ0) is 18.1. The number of piperazine rings is 1. The molecule has 1 aromatic rings. The maximum Gasteiger partial charge on any atom is 0.193 e. The highest BCUT2D eigenvalue weighted by Crippen LogP contribution is 2.15. The quantitative estimate of drug-likeness (QED) is 0.374. The van der Waals surface area contributed by atoms with Gasteiger partial charge in [-0.25, -0.2) is 9.98 Å². The molecule has 26 heavy (non-hydrogen) atoms. The predicted octanol–water partition coefficient (Wildman–Crippen LogP) is 2.65. The first-order chi connectivity index (χ1) is 12.1. The van der Waals surface area contributed by atoms with E-state index in [1.54, 1.807) is 0 Å². The number of hydrogen-bond donors (Lipinski definition) is 1. The molecule has 1 aliphatic heterocycles. The van der Waals surface area contributed by atoms with Gasteiger partial charge in [0.25, 0.3) is 0 Å². The van der Waals surface area contributed by atoms with Gasteiger partial charge < -0.3 is 20.0 Å². The van der Waals surface area contributed by atoms with Gasteiger partial charge in [-0.2, -0.15) is 0 Å². The van der Waals surface area contributed by atoms with Crippen LogP contribution in [0.1, 0.15) is 32.3 Å². The summed E-state index contributed by atoms with van der Waals surface area (Å²) in [6, 6.07) is 4.25. The molecule has 0 amide bonds. The van der Waals surface area contributed by atoms with Crippen LogP contribution in [0.2, 0.25) is 0 Å². The Bertz CT molecular complexity index is 543. The van der Waals surface area contributed by atoms with Crippen molar-refractivity contribution >= 4 is 35.8 Å². The van der Waals surface area contributed by atoms with Crippen molar-refractivity contribution in [1.82, 2.24) is 20.1 Å². The van der Waals surface area contributed by atoms with Crippen LogP contribution < -0.4 is 10.2 Å². The van der Waals surface area contributed by atoms with E-state index in [-0.39, 0.29) is 24.0 Å². The van der Waals surface area contributed by atoms with Crippen molar-refractivity contribution in [2.75, 3.05) is 58.3 Å². The molecule has 0 unspecified atom stereocenters. The second-order valence-corrected chi connectivity index (χ2v) is 6.76. The summed E-state index contributed by atoms with van der Waals surface area (Å²) in [6.07, 6.45) is 4.29. The third-order valence-corrected chi connectivity index (χ3v) is 4.59. The van der Waals surface area contributed by atoms with Crippen molar-refractivity contribution in [1.29, 1.82) is 0 Å². The van der Waals surface area contributed by atoms with E-state index in [0.717, 1.165) is 51.0 Å². The third-order valence-electron chi connectivity index (χ3n) is 4.59. The highest BCUT2D eigenvalue weighted by atomic mass is 127. The SMILES string of the molecule is CCCCN(C)C(=NCc1ccnc(N2CCN(C)CC2)c1)NCC.I. The lowest BCUT2D eigenvalue weighted by Gasteiger charge is -2.33. The zero-order valence-corrected chi connectivity index (χ0v) is 19.1. The molecule has 1 N–H and O–H groups in total. The van der Waals surface area contributed by atoms with Crippen molar-refractivity contribution in [3.8, 4) is 0 Å². The number of unbranched alkanes of at least 4 members (excludes halogenated alkanes) is 1. The molecule has 2 heterocycles. The first kappa shape index (κ1) is 23.0. The van der Waals surface area contributed by atoms with Gasteiger partial charge in [-0.05, 0) is 38.1 Å². The molecule has 0 radical (unpaired) electrons. The average Bonchev–Trinajstić information content (AvgIpc) is 2.64. The van der Waals surface area contributed by atoms with E-state index in [4.69, 9.17) is 4.99 Å². The number of rotatable bonds is 7. The summed E-state index contributed by atoms with van der Waals surface area (Å²) in [4.78, 5) is 16.3. The Morgan fingerprint density at radius 2 is 2.00 bits per heavy atom. The number of hydrogen-bond acceptors (Lipinski definition) is 4. The molecule has 0 spiro atoms. The number of aromatic nitrogens is 1. The number of nitrogens with one attached hydrogen (secondary N) is 1. The monoisotopic (exact) mass is 474 g/mol. The average molecular weight is 474 g/mol. The van der Waals surface area contributed by atoms with Gasteiger partial charge in [0.2, 0.25) is 0 Å². The Morgan fingerprint density at radius 3 is 2.65 bits per heavy atom. The predicted molar refractivity (Wildman–Crippen MR) is 122 cm³/mol. The van der Waals surface area contributed by atoms with Crippen LogP contribution in [-0.2, 0) is 6.54 Å². The number of halogens is 1. The summed E-state index contributed by atoms with van der Waals surface area (Å²) in [5.41, 5.74) is 1.21. The molecule has 1 aliphatic rings. The molecular weight excluding hydrogens is 439 g/mol. The van der Waals surface area contributed by atoms with Crippen LogP contribution >= 0.6 is 24.0 Å². The van der Waals surface area contributed by atoms with E-state index < -0.39 is 0 Å². The van der Waals surface area contributed by atoms with Crippen LogP contribution in [0.3, 0.4) is 0 Å². The first-order valence-electron chi connectivity index (χ1n) is 9.52. The summed E-state index contributed by atoms with van der Waals surface area (Å²) >= 11 is 0. The number of nitrogens with zero attached hydrogens (tertiary/aromatic N) is 5. The molecule has 6 nitrogen and oxygen atoms in total. The fourth-order valence-electron chi connectivity index (χ4n) is 2.90. The largest absolute Gasteiger partial charge is 0.357 e. The van der Waals surface area contributed by atoms with Gasteiger partial charge in [-0.3, -0.25) is 0 Å². The van der Waals surface area contributed by atoms with Crippen LogP contribution in [0.4, 0.5) is 5.82 Å². The Morgan fingerprint density at radius 1 is 1.27 bits per heavy atom. The number of likely N-dealkylation sites (N-methyl/N-ethyl adjacent to an activating group) is 1. The van der Waals surface area contributed by atoms with Gasteiger partial charge >= 0.3 is 0 Å². The van der Waals surface area contributed by atoms with Gasteiger partial charge in [0.1, 0.15) is 5.82 Å². The Hall–Kier alpha value is -1.09. The second-order valence-electron chi connectivity index (χ2n) is 6.76. The molecule has 7 heteroatoms. The summed E-state index contributed by atoms with van der Waals surface area (Å²) in [5.74, 6) is 2.05. The molecule has 1 saturated heterocycles. The molecule has 0 atom stereocenters. The Kier molecular flexibility index (Phi) is 10.9. The molecule has 148 valence electrons. The standard InChI is InChI=1S/C19H34N6.HI/c1-5-7-10-24(4)19(20-6-2)22-16-17-8-9-21-18(15-17)25-13-11-23(3)12-14-25;/h8-9,15H,5-7,10-14,16H2,1-4H3,(H,20,22);1H. The minimum absolute atomic E-state index is 0. The highest BCUT2D eigenvalue weighted by molar-refractivity contribution is 14.0. The molecule has 2 rings (SSSR count). The fraction of sp³-hybridized carbons (Fsp3) is 0.684. The van der Waals surface area contributed by atoms with E-state index in [9.17, 15) is 0 Å². The smallest absolute Gasteiger partial charge is 0.193 e. The van der Waals surface area contributed by atoms with Gasteiger partial charge in [0, 0.05) is 52.5 Å². The second kappa shape index (κ2) is 12.3. The van der Waals surface area contributed by atoms with Crippen LogP contribution in [-0.4, -0.2) is 74.1 Å². The summed E-state index contributed by atoms with van der Waals surface area (Å²) < 4.78 is 0. The van der Waals surface area contributed by atoms with E-state index >= 15 is 0 Å². The number of anilines is 1. The van der Waals surface area contributed by atoms with Crippen molar-refractivity contribution in [2.45, 2.75) is 33.2 Å². The summed E-state index contributed by atoms with van der Waals surface area (Å²) in [7, 11) is 4.28. The van der Waals surface area contributed by atoms with Crippen LogP contribution in [0.15, 0.2) is 23.3 Å². The normalized spacial score (nSPS) is 15.5. The molecule has 0 aliphatic carbocycles. The van der Waals surface area contributed by atoms with Gasteiger partial charge in [-0.1, -0.05) is 13.3 Å². The third kappa shape index (κ3) is 7.26. The van der Waals surface area contributed by atoms with Crippen molar-refractivity contribution in [3.63, 3.8) is 0 Å². The Balaban J connectivity index is 0.00000338. The summed E-state index contributed by atoms with van der Waals surface area (Å²) in [5, 5.41) is 3.39. The summed E-state index contributed by atoms with van der Waals surface area (Å²) in [6.45, 7) is 11.2. The Labute approximate surface area is 176 Å². The lowest BCUT2D eigenvalue weighted by atomic mass is 10.2. The van der Waals surface area contributed by atoms with E-state index in [1.165, 1.54) is 18.4 Å². The fourth-order valence-corrected chi connectivity index (χ4v) is 2.90. The van der Waals surface area contributed by atoms with Crippen LogP contribution in [0.25, 0.3) is 0 Å². The molecular formula is C19H35IN6. The van der Waals surface area contributed by atoms with Crippen LogP contribution in [0.5, 0.6) is 0 Å². The van der Waals surface area contributed by atoms with Gasteiger partial charge in [0.15, 0.2) is 5.96 Å². The number of guanidine groups is 1. The maximum atomic E-state index is 4.81. The highest BCUT2D eigenvalue weighted by Gasteiger charge is 2.15. The van der Waals surface area contributed by atoms with Gasteiger partial charge in [0.05, 0.1) is 6.54 Å². The van der Waals surface area contributed by atoms with Crippen molar-refractivity contribution in [2.24, 2.45) is 4.99 Å². The topological polar surface area (TPSA) is 47.0 Å². The lowest BCUT2D eigenvalue weighted by molar-refractivity contribution is 0.312. The molecule has 1 fully saturated rings. The van der Waals surface area contributed by atoms with Gasteiger partial charge in [-0.15, -0.1) is 24.0 Å². The molecule has 0 saturated carbocycles. The van der Waals surface area contributed by atoms with E-state index in [2.05, 4.69) is 65.1 Å². The lowest BCUT2D eigenvalue weighted by Crippen LogP contribution is -2.44. The zero-order valence-electron chi connectivity index (χ0n) is 16.7. The number of pyridine rings is 1. The minimum Gasteiger partial charge on any atom is -0.357 e. The first-order valence-corrected chi connectivity index (χ1v) is 9.52. The molecule has 0 aromatic carbocycles. The van der Waals surface area contributed by atoms with Crippen molar-refractivity contribution < 1.29 is 0 Å². The molecule has 0 bridgehead atoms. The number of aliphatic imine (C=N–C) groups is 1. The van der Waals surface area contributed by atoms with E-state index in [1.807, 2.05) is 6.20 Å². The molecule has 1 aromatic heterocycles. The van der Waals surface area contributed by atoms with Crippen LogP contribution in [0, 0.1) is 0 Å². The van der Waals surface area contributed by atoms with E-state index in [0.29, 0.717) is 6.54 Å². The minimum atomic E-state index is 0. The van der Waals surface area contributed by atoms with Crippen molar-refractivity contribution in [3.05, 3.63) is 23.9 Å². The maximum absolute atomic E-state index is 4.81.